The van der Waals surface area contributed by atoms with Crippen molar-refractivity contribution in [2.75, 3.05) is 13.1 Å². The molecule has 1 rings (SSSR count). The molecule has 0 radical (unpaired) electrons. The topological polar surface area (TPSA) is 94.9 Å². The fourth-order valence-electron chi connectivity index (χ4n) is 1.16. The molecule has 6 heteroatoms. The molecule has 0 fully saturated rings. The van der Waals surface area contributed by atoms with Gasteiger partial charge in [-0.05, 0) is 6.08 Å². The van der Waals surface area contributed by atoms with Crippen LogP contribution in [0.4, 0.5) is 4.79 Å². The van der Waals surface area contributed by atoms with Crippen molar-refractivity contribution in [3.63, 3.8) is 0 Å². The van der Waals surface area contributed by atoms with Crippen molar-refractivity contribution in [3.05, 3.63) is 11.6 Å². The first-order chi connectivity index (χ1) is 6.52. The largest absolute Gasteiger partial charge is 0.478 e. The number of nitrogens with zero attached hydrogens (tertiary/aromatic N) is 1. The minimum atomic E-state index is -1.30. The molecule has 14 heavy (non-hydrogen) atoms. The first-order valence-corrected chi connectivity index (χ1v) is 3.97. The summed E-state index contributed by atoms with van der Waals surface area (Å²) in [4.78, 5) is 33.2. The van der Waals surface area contributed by atoms with Crippen LogP contribution in [0.2, 0.25) is 0 Å². The highest BCUT2D eigenvalue weighted by atomic mass is 16.4. The van der Waals surface area contributed by atoms with Gasteiger partial charge in [-0.25, -0.2) is 9.59 Å². The zero-order chi connectivity index (χ0) is 10.7. The Labute approximate surface area is 79.4 Å². The van der Waals surface area contributed by atoms with Crippen LogP contribution in [0.15, 0.2) is 11.6 Å². The van der Waals surface area contributed by atoms with Gasteiger partial charge in [-0.2, -0.15) is 0 Å². The third-order valence-electron chi connectivity index (χ3n) is 1.93. The van der Waals surface area contributed by atoms with E-state index in [1.54, 1.807) is 0 Å². The molecule has 0 saturated heterocycles. The first kappa shape index (κ1) is 10.2. The fraction of sp³-hybridized carbons (Fsp3) is 0.375. The Hall–Kier alpha value is -1.85. The summed E-state index contributed by atoms with van der Waals surface area (Å²) in [6.07, 6.45) is -0.100. The minimum absolute atomic E-state index is 0.0431. The summed E-state index contributed by atoms with van der Waals surface area (Å²) in [5.74, 6) is -1.83. The summed E-state index contributed by atoms with van der Waals surface area (Å²) < 4.78 is 0. The SMILES string of the molecule is O=C(O)C1=CCN(C(=O)O)CCC1=O. The van der Waals surface area contributed by atoms with E-state index in [4.69, 9.17) is 10.2 Å². The van der Waals surface area contributed by atoms with Gasteiger partial charge in [-0.15, -0.1) is 0 Å². The van der Waals surface area contributed by atoms with Gasteiger partial charge in [-0.1, -0.05) is 0 Å². The fourth-order valence-corrected chi connectivity index (χ4v) is 1.16. The third kappa shape index (κ3) is 2.09. The molecule has 0 spiro atoms. The van der Waals surface area contributed by atoms with Crippen LogP contribution in [0, 0.1) is 0 Å². The molecule has 0 aliphatic carbocycles. The highest BCUT2D eigenvalue weighted by molar-refractivity contribution is 6.16. The molecule has 1 heterocycles. The van der Waals surface area contributed by atoms with Gasteiger partial charge in [0.05, 0.1) is 0 Å². The van der Waals surface area contributed by atoms with E-state index in [1.165, 1.54) is 0 Å². The lowest BCUT2D eigenvalue weighted by molar-refractivity contribution is -0.134. The van der Waals surface area contributed by atoms with E-state index in [1.807, 2.05) is 0 Å². The van der Waals surface area contributed by atoms with Crippen LogP contribution >= 0.6 is 0 Å². The predicted octanol–water partition coefficient (Wildman–Crippen LogP) is -0.0498. The Kier molecular flexibility index (Phi) is 2.85. The number of ketones is 1. The lowest BCUT2D eigenvalue weighted by atomic mass is 10.1. The standard InChI is InChI=1S/C8H9NO5/c10-6-2-4-9(8(13)14)3-1-5(6)7(11)12/h1H,2-4H2,(H,11,12)(H,13,14). The summed E-state index contributed by atoms with van der Waals surface area (Å²) in [7, 11) is 0. The maximum Gasteiger partial charge on any atom is 0.407 e. The summed E-state index contributed by atoms with van der Waals surface area (Å²) in [6, 6.07) is 0. The Balaban J connectivity index is 2.83. The van der Waals surface area contributed by atoms with Crippen molar-refractivity contribution in [1.29, 1.82) is 0 Å². The molecule has 1 aliphatic rings. The maximum absolute atomic E-state index is 11.2. The Morgan fingerprint density at radius 2 is 2.00 bits per heavy atom. The predicted molar refractivity (Wildman–Crippen MR) is 44.9 cm³/mol. The number of carboxylic acids is 1. The molecule has 0 atom stereocenters. The summed E-state index contributed by atoms with van der Waals surface area (Å²) >= 11 is 0. The molecule has 2 N–H and O–H groups in total. The van der Waals surface area contributed by atoms with Gasteiger partial charge in [0.2, 0.25) is 0 Å². The molecule has 0 aromatic heterocycles. The van der Waals surface area contributed by atoms with E-state index < -0.39 is 17.8 Å². The van der Waals surface area contributed by atoms with E-state index in [0.29, 0.717) is 0 Å². The molecule has 1 aliphatic heterocycles. The van der Waals surface area contributed by atoms with E-state index in [-0.39, 0.29) is 25.1 Å². The molecule has 0 bridgehead atoms. The number of carbonyl (C=O) groups is 3. The zero-order valence-corrected chi connectivity index (χ0v) is 7.27. The van der Waals surface area contributed by atoms with Crippen molar-refractivity contribution in [2.24, 2.45) is 0 Å². The number of amides is 1. The van der Waals surface area contributed by atoms with Gasteiger partial charge in [0.1, 0.15) is 5.57 Å². The van der Waals surface area contributed by atoms with Gasteiger partial charge in [0.15, 0.2) is 5.78 Å². The number of rotatable bonds is 1. The molecular formula is C8H9NO5. The van der Waals surface area contributed by atoms with Gasteiger partial charge in [-0.3, -0.25) is 4.79 Å². The second-order valence-corrected chi connectivity index (χ2v) is 2.82. The van der Waals surface area contributed by atoms with Crippen molar-refractivity contribution < 1.29 is 24.6 Å². The van der Waals surface area contributed by atoms with Gasteiger partial charge >= 0.3 is 12.1 Å². The molecule has 0 aromatic carbocycles. The maximum atomic E-state index is 11.2. The van der Waals surface area contributed by atoms with E-state index in [0.717, 1.165) is 11.0 Å². The minimum Gasteiger partial charge on any atom is -0.478 e. The number of carbonyl (C=O) groups excluding carboxylic acids is 1. The molecule has 0 unspecified atom stereocenters. The van der Waals surface area contributed by atoms with Gasteiger partial charge in [0, 0.05) is 19.5 Å². The lowest BCUT2D eigenvalue weighted by Gasteiger charge is -2.13. The first-order valence-electron chi connectivity index (χ1n) is 3.97. The zero-order valence-electron chi connectivity index (χ0n) is 7.27. The van der Waals surface area contributed by atoms with Gasteiger partial charge < -0.3 is 15.1 Å². The summed E-state index contributed by atoms with van der Waals surface area (Å²) in [5.41, 5.74) is -0.325. The molecule has 0 saturated carbocycles. The number of carboxylic acid groups (broad SMARTS) is 2. The van der Waals surface area contributed by atoms with Crippen LogP contribution in [0.5, 0.6) is 0 Å². The quantitative estimate of drug-likeness (QED) is 0.577. The van der Waals surface area contributed by atoms with Crippen LogP contribution < -0.4 is 0 Å². The van der Waals surface area contributed by atoms with Crippen molar-refractivity contribution in [1.82, 2.24) is 4.90 Å². The normalized spacial score (nSPS) is 17.3. The molecule has 0 aromatic rings. The summed E-state index contributed by atoms with van der Waals surface area (Å²) in [6.45, 7) is -0.00977. The summed E-state index contributed by atoms with van der Waals surface area (Å²) in [5, 5.41) is 17.2. The lowest BCUT2D eigenvalue weighted by Crippen LogP contribution is -2.30. The average Bonchev–Trinajstić information content (AvgIpc) is 2.26. The highest BCUT2D eigenvalue weighted by Crippen LogP contribution is 2.08. The average molecular weight is 199 g/mol. The second kappa shape index (κ2) is 3.91. The van der Waals surface area contributed by atoms with E-state index in [9.17, 15) is 14.4 Å². The van der Waals surface area contributed by atoms with Crippen molar-refractivity contribution in [2.45, 2.75) is 6.42 Å². The number of hydrogen-bond donors (Lipinski definition) is 2. The van der Waals surface area contributed by atoms with Crippen molar-refractivity contribution in [3.8, 4) is 0 Å². The van der Waals surface area contributed by atoms with Gasteiger partial charge in [0.25, 0.3) is 0 Å². The van der Waals surface area contributed by atoms with Crippen LogP contribution in [0.1, 0.15) is 6.42 Å². The molecule has 76 valence electrons. The molecule has 6 nitrogen and oxygen atoms in total. The Bertz CT molecular complexity index is 320. The van der Waals surface area contributed by atoms with Crippen LogP contribution in [-0.4, -0.2) is 46.0 Å². The van der Waals surface area contributed by atoms with Crippen LogP contribution in [0.25, 0.3) is 0 Å². The Morgan fingerprint density at radius 3 is 2.50 bits per heavy atom. The number of hydrogen-bond acceptors (Lipinski definition) is 3. The third-order valence-corrected chi connectivity index (χ3v) is 1.93. The van der Waals surface area contributed by atoms with Crippen LogP contribution in [-0.2, 0) is 9.59 Å². The molecule has 1 amide bonds. The van der Waals surface area contributed by atoms with E-state index >= 15 is 0 Å². The molecular weight excluding hydrogens is 190 g/mol. The second-order valence-electron chi connectivity index (χ2n) is 2.82. The Morgan fingerprint density at radius 1 is 1.36 bits per heavy atom. The number of Topliss-reactive ketones (excluding diaryl/α,β-unsaturated/α-hetero) is 1. The van der Waals surface area contributed by atoms with Crippen molar-refractivity contribution >= 4 is 17.8 Å². The number of aliphatic carboxylic acids is 1. The highest BCUT2D eigenvalue weighted by Gasteiger charge is 2.23. The van der Waals surface area contributed by atoms with Crippen LogP contribution in [0.3, 0.4) is 0 Å². The smallest absolute Gasteiger partial charge is 0.407 e. The monoisotopic (exact) mass is 199 g/mol. The van der Waals surface area contributed by atoms with E-state index in [2.05, 4.69) is 0 Å².